The molecule has 37 heavy (non-hydrogen) atoms. The Morgan fingerprint density at radius 2 is 1.81 bits per heavy atom. The Balaban J connectivity index is 1.90. The number of ether oxygens (including phenoxy) is 2. The van der Waals surface area contributed by atoms with E-state index in [2.05, 4.69) is 4.98 Å². The number of rotatable bonds is 7. The molecule has 1 saturated heterocycles. The molecule has 1 amide bonds. The van der Waals surface area contributed by atoms with Crippen LogP contribution in [0.4, 0.5) is 5.13 Å². The van der Waals surface area contributed by atoms with Crippen molar-refractivity contribution >= 4 is 51.5 Å². The number of aromatic nitrogens is 1. The number of aliphatic hydroxyl groups excluding tert-OH is 1. The van der Waals surface area contributed by atoms with Gasteiger partial charge in [-0.25, -0.2) is 9.78 Å². The molecule has 0 radical (unpaired) electrons. The van der Waals surface area contributed by atoms with E-state index in [1.54, 1.807) is 63.2 Å². The van der Waals surface area contributed by atoms with Gasteiger partial charge in [-0.2, -0.15) is 0 Å². The van der Waals surface area contributed by atoms with Gasteiger partial charge in [0.2, 0.25) is 0 Å². The zero-order valence-electron chi connectivity index (χ0n) is 20.7. The lowest BCUT2D eigenvalue weighted by Crippen LogP contribution is -2.29. The van der Waals surface area contributed by atoms with Crippen molar-refractivity contribution in [2.45, 2.75) is 33.7 Å². The molecule has 2 aromatic carbocycles. The summed E-state index contributed by atoms with van der Waals surface area (Å²) in [6, 6.07) is 10.7. The highest BCUT2D eigenvalue weighted by atomic mass is 35.5. The number of nitrogens with zero attached hydrogens (tertiary/aromatic N) is 2. The largest absolute Gasteiger partial charge is 0.507 e. The number of hydrogen-bond donors (Lipinski definition) is 1. The summed E-state index contributed by atoms with van der Waals surface area (Å²) >= 11 is 7.04. The number of thiazole rings is 1. The summed E-state index contributed by atoms with van der Waals surface area (Å²) in [5.74, 6) is -1.99. The third kappa shape index (κ3) is 4.97. The molecule has 1 aliphatic rings. The lowest BCUT2D eigenvalue weighted by molar-refractivity contribution is -0.132. The van der Waals surface area contributed by atoms with E-state index < -0.39 is 23.7 Å². The van der Waals surface area contributed by atoms with Crippen LogP contribution in [-0.4, -0.2) is 41.0 Å². The van der Waals surface area contributed by atoms with Gasteiger partial charge >= 0.3 is 11.9 Å². The van der Waals surface area contributed by atoms with Gasteiger partial charge in [-0.1, -0.05) is 35.1 Å². The summed E-state index contributed by atoms with van der Waals surface area (Å²) in [4.78, 5) is 45.0. The summed E-state index contributed by atoms with van der Waals surface area (Å²) in [6.07, 6.45) is 0. The fourth-order valence-corrected chi connectivity index (χ4v) is 5.28. The average molecular weight is 541 g/mol. The fraction of sp³-hybridized carbons (Fsp3) is 0.259. The SMILES string of the molecule is CCOC(=O)c1sc(N2C(=O)C(=O)C(=C(O)c3ccc(OCC)cc3C)[C@@H]2c2ccc(Cl)cc2)nc1C. The fourth-order valence-electron chi connectivity index (χ4n) is 4.16. The first kappa shape index (κ1) is 26.4. The van der Waals surface area contributed by atoms with Crippen molar-refractivity contribution in [2.75, 3.05) is 18.1 Å². The molecule has 0 saturated carbocycles. The average Bonchev–Trinajstić information content (AvgIpc) is 3.36. The maximum absolute atomic E-state index is 13.4. The quantitative estimate of drug-likeness (QED) is 0.179. The van der Waals surface area contributed by atoms with Crippen LogP contribution < -0.4 is 9.64 Å². The van der Waals surface area contributed by atoms with E-state index in [0.29, 0.717) is 39.8 Å². The number of halogens is 1. The van der Waals surface area contributed by atoms with Crippen LogP contribution in [0.3, 0.4) is 0 Å². The third-order valence-corrected chi connectivity index (χ3v) is 7.24. The zero-order chi connectivity index (χ0) is 26.9. The molecule has 2 heterocycles. The number of amides is 1. The smallest absolute Gasteiger partial charge is 0.350 e. The number of benzene rings is 2. The minimum atomic E-state index is -0.996. The first-order valence-electron chi connectivity index (χ1n) is 11.6. The van der Waals surface area contributed by atoms with Crippen LogP contribution in [0.1, 0.15) is 51.9 Å². The predicted octanol–water partition coefficient (Wildman–Crippen LogP) is 5.62. The molecule has 1 aliphatic heterocycles. The molecule has 10 heteroatoms. The van der Waals surface area contributed by atoms with Gasteiger partial charge in [0.05, 0.1) is 30.5 Å². The highest BCUT2D eigenvalue weighted by Gasteiger charge is 2.48. The normalized spacial score (nSPS) is 16.8. The van der Waals surface area contributed by atoms with Crippen molar-refractivity contribution in [2.24, 2.45) is 0 Å². The molecule has 4 rings (SSSR count). The number of carbonyl (C=O) groups is 3. The van der Waals surface area contributed by atoms with Gasteiger partial charge in [0, 0.05) is 10.6 Å². The van der Waals surface area contributed by atoms with Crippen LogP contribution in [0.25, 0.3) is 5.76 Å². The van der Waals surface area contributed by atoms with E-state index in [0.717, 1.165) is 11.3 Å². The molecule has 1 atom stereocenters. The summed E-state index contributed by atoms with van der Waals surface area (Å²) in [5.41, 5.74) is 1.88. The molecule has 0 unspecified atom stereocenters. The van der Waals surface area contributed by atoms with Gasteiger partial charge in [-0.05, 0) is 69.2 Å². The maximum atomic E-state index is 13.4. The second-order valence-corrected chi connectivity index (χ2v) is 9.68. The van der Waals surface area contributed by atoms with Gasteiger partial charge in [0.25, 0.3) is 5.78 Å². The molecule has 1 aromatic heterocycles. The van der Waals surface area contributed by atoms with E-state index >= 15 is 0 Å². The number of ketones is 1. The Morgan fingerprint density at radius 3 is 2.43 bits per heavy atom. The van der Waals surface area contributed by atoms with Gasteiger partial charge in [-0.15, -0.1) is 0 Å². The number of esters is 1. The number of Topliss-reactive ketones (excluding diaryl/α,β-unsaturated/α-hetero) is 1. The standard InChI is InChI=1S/C27H25ClN2O6S/c1-5-35-18-11-12-19(14(3)13-18)22(31)20-21(16-7-9-17(28)10-8-16)30(25(33)23(20)32)27-29-15(4)24(37-27)26(34)36-6-2/h7-13,21,31H,5-6H2,1-4H3/t21-/m0/s1. The number of carbonyl (C=O) groups excluding carboxylic acids is 3. The molecular formula is C27H25ClN2O6S. The topological polar surface area (TPSA) is 106 Å². The van der Waals surface area contributed by atoms with Crippen molar-refractivity contribution in [3.63, 3.8) is 0 Å². The third-order valence-electron chi connectivity index (χ3n) is 5.85. The number of aryl methyl sites for hydroxylation is 2. The van der Waals surface area contributed by atoms with Crippen LogP contribution in [-0.2, 0) is 14.3 Å². The number of aliphatic hydroxyl groups is 1. The second-order valence-electron chi connectivity index (χ2n) is 8.26. The maximum Gasteiger partial charge on any atom is 0.350 e. The summed E-state index contributed by atoms with van der Waals surface area (Å²) in [7, 11) is 0. The van der Waals surface area contributed by atoms with E-state index in [-0.39, 0.29) is 27.9 Å². The molecular weight excluding hydrogens is 516 g/mol. The van der Waals surface area contributed by atoms with Crippen LogP contribution >= 0.6 is 22.9 Å². The van der Waals surface area contributed by atoms with Crippen molar-refractivity contribution in [3.8, 4) is 5.75 Å². The zero-order valence-corrected chi connectivity index (χ0v) is 22.3. The van der Waals surface area contributed by atoms with Crippen LogP contribution in [0.2, 0.25) is 5.02 Å². The molecule has 3 aromatic rings. The first-order valence-corrected chi connectivity index (χ1v) is 12.8. The minimum Gasteiger partial charge on any atom is -0.507 e. The molecule has 1 N–H and O–H groups in total. The second kappa shape index (κ2) is 10.7. The molecule has 0 bridgehead atoms. The van der Waals surface area contributed by atoms with Gasteiger partial charge in [0.15, 0.2) is 5.13 Å². The van der Waals surface area contributed by atoms with E-state index in [4.69, 9.17) is 21.1 Å². The number of hydrogen-bond acceptors (Lipinski definition) is 8. The molecule has 0 spiro atoms. The summed E-state index contributed by atoms with van der Waals surface area (Å²) < 4.78 is 10.6. The van der Waals surface area contributed by atoms with Crippen molar-refractivity contribution in [1.29, 1.82) is 0 Å². The van der Waals surface area contributed by atoms with Crippen LogP contribution in [0, 0.1) is 13.8 Å². The Bertz CT molecular complexity index is 1410. The van der Waals surface area contributed by atoms with Crippen molar-refractivity contribution in [3.05, 3.63) is 80.3 Å². The van der Waals surface area contributed by atoms with Crippen LogP contribution in [0.5, 0.6) is 5.75 Å². The Labute approximate surface area is 223 Å². The number of anilines is 1. The van der Waals surface area contributed by atoms with E-state index in [1.165, 1.54) is 4.90 Å². The van der Waals surface area contributed by atoms with Gasteiger partial charge < -0.3 is 14.6 Å². The lowest BCUT2D eigenvalue weighted by atomic mass is 9.94. The van der Waals surface area contributed by atoms with E-state index in [9.17, 15) is 19.5 Å². The van der Waals surface area contributed by atoms with Crippen molar-refractivity contribution < 1.29 is 29.0 Å². The lowest BCUT2D eigenvalue weighted by Gasteiger charge is -2.23. The monoisotopic (exact) mass is 540 g/mol. The van der Waals surface area contributed by atoms with Crippen molar-refractivity contribution in [1.82, 2.24) is 4.98 Å². The molecule has 1 fully saturated rings. The van der Waals surface area contributed by atoms with Gasteiger partial charge in [-0.3, -0.25) is 14.5 Å². The summed E-state index contributed by atoms with van der Waals surface area (Å²) in [6.45, 7) is 7.63. The highest BCUT2D eigenvalue weighted by Crippen LogP contribution is 2.44. The minimum absolute atomic E-state index is 0.0925. The Kier molecular flexibility index (Phi) is 7.65. The Morgan fingerprint density at radius 1 is 1.11 bits per heavy atom. The molecule has 8 nitrogen and oxygen atoms in total. The first-order chi connectivity index (χ1) is 17.7. The van der Waals surface area contributed by atoms with Gasteiger partial charge in [0.1, 0.15) is 16.4 Å². The van der Waals surface area contributed by atoms with E-state index in [1.807, 2.05) is 6.92 Å². The Hall–Kier alpha value is -3.69. The molecule has 0 aliphatic carbocycles. The highest BCUT2D eigenvalue weighted by molar-refractivity contribution is 7.17. The predicted molar refractivity (Wildman–Crippen MR) is 141 cm³/mol. The summed E-state index contributed by atoms with van der Waals surface area (Å²) in [5, 5.41) is 12.0. The molecule has 192 valence electrons. The van der Waals surface area contributed by atoms with Crippen LogP contribution in [0.15, 0.2) is 48.0 Å².